The Labute approximate surface area is 128 Å². The Morgan fingerprint density at radius 2 is 2.27 bits per heavy atom. The summed E-state index contributed by atoms with van der Waals surface area (Å²) in [6.07, 6.45) is 4.88. The van der Waals surface area contributed by atoms with E-state index in [2.05, 4.69) is 10.6 Å². The molecule has 2 aromatic rings. The molecule has 22 heavy (non-hydrogen) atoms. The molecule has 116 valence electrons. The monoisotopic (exact) mass is 301 g/mol. The number of anilines is 1. The summed E-state index contributed by atoms with van der Waals surface area (Å²) >= 11 is 0. The zero-order valence-electron chi connectivity index (χ0n) is 12.5. The van der Waals surface area contributed by atoms with Gasteiger partial charge in [-0.2, -0.15) is 0 Å². The maximum Gasteiger partial charge on any atom is 0.292 e. The summed E-state index contributed by atoms with van der Waals surface area (Å²) in [4.78, 5) is 10.7. The van der Waals surface area contributed by atoms with Crippen LogP contribution in [0.3, 0.4) is 0 Å². The van der Waals surface area contributed by atoms with E-state index >= 15 is 0 Å². The van der Waals surface area contributed by atoms with Crippen molar-refractivity contribution in [2.45, 2.75) is 31.8 Å². The SMILES string of the molecule is CNc1ccc(CNC2CCCc3occc32)cc1[N+](=O)[O-]. The Hall–Kier alpha value is -2.34. The molecule has 3 rings (SSSR count). The van der Waals surface area contributed by atoms with Gasteiger partial charge in [-0.15, -0.1) is 0 Å². The summed E-state index contributed by atoms with van der Waals surface area (Å²) in [5.74, 6) is 1.06. The lowest BCUT2D eigenvalue weighted by atomic mass is 9.93. The number of nitro groups is 1. The largest absolute Gasteiger partial charge is 0.469 e. The van der Waals surface area contributed by atoms with Gasteiger partial charge in [0.15, 0.2) is 0 Å². The van der Waals surface area contributed by atoms with Gasteiger partial charge in [0.25, 0.3) is 5.69 Å². The second-order valence-electron chi connectivity index (χ2n) is 5.48. The molecule has 1 aliphatic rings. The highest BCUT2D eigenvalue weighted by Gasteiger charge is 2.22. The van der Waals surface area contributed by atoms with Gasteiger partial charge in [0.05, 0.1) is 11.2 Å². The molecule has 0 amide bonds. The number of aryl methyl sites for hydroxylation is 1. The van der Waals surface area contributed by atoms with Crippen LogP contribution in [0.5, 0.6) is 0 Å². The summed E-state index contributed by atoms with van der Waals surface area (Å²) in [5.41, 5.74) is 2.76. The lowest BCUT2D eigenvalue weighted by Gasteiger charge is -2.22. The van der Waals surface area contributed by atoms with E-state index in [1.807, 2.05) is 12.1 Å². The molecule has 0 fully saturated rings. The average Bonchev–Trinajstić information content (AvgIpc) is 3.01. The van der Waals surface area contributed by atoms with Gasteiger partial charge in [0.2, 0.25) is 0 Å². The first-order valence-electron chi connectivity index (χ1n) is 7.43. The van der Waals surface area contributed by atoms with Crippen LogP contribution in [0.25, 0.3) is 0 Å². The predicted molar refractivity (Wildman–Crippen MR) is 83.9 cm³/mol. The fourth-order valence-electron chi connectivity index (χ4n) is 2.99. The van der Waals surface area contributed by atoms with E-state index in [1.54, 1.807) is 25.4 Å². The molecule has 1 unspecified atom stereocenters. The second kappa shape index (κ2) is 6.19. The standard InChI is InChI=1S/C16H19N3O3/c1-17-14-6-5-11(9-15(14)19(20)21)10-18-13-3-2-4-16-12(13)7-8-22-16/h5-9,13,17-18H,2-4,10H2,1H3. The van der Waals surface area contributed by atoms with Crippen LogP contribution in [0, 0.1) is 10.1 Å². The van der Waals surface area contributed by atoms with Crippen LogP contribution in [0.2, 0.25) is 0 Å². The van der Waals surface area contributed by atoms with Crippen molar-refractivity contribution in [3.63, 3.8) is 0 Å². The van der Waals surface area contributed by atoms with Crippen LogP contribution < -0.4 is 10.6 Å². The molecule has 1 aliphatic carbocycles. The number of nitrogens with zero attached hydrogens (tertiary/aromatic N) is 1. The van der Waals surface area contributed by atoms with E-state index in [0.717, 1.165) is 30.6 Å². The molecule has 1 aromatic heterocycles. The van der Waals surface area contributed by atoms with E-state index in [-0.39, 0.29) is 16.7 Å². The molecule has 6 nitrogen and oxygen atoms in total. The van der Waals surface area contributed by atoms with Gasteiger partial charge in [0, 0.05) is 37.7 Å². The van der Waals surface area contributed by atoms with Crippen molar-refractivity contribution < 1.29 is 9.34 Å². The fraction of sp³-hybridized carbons (Fsp3) is 0.375. The van der Waals surface area contributed by atoms with Crippen molar-refractivity contribution >= 4 is 11.4 Å². The first-order valence-corrected chi connectivity index (χ1v) is 7.43. The van der Waals surface area contributed by atoms with Crippen LogP contribution >= 0.6 is 0 Å². The number of hydrogen-bond donors (Lipinski definition) is 2. The predicted octanol–water partition coefficient (Wildman–Crippen LogP) is 3.40. The molecule has 0 saturated carbocycles. The Morgan fingerprint density at radius 3 is 3.05 bits per heavy atom. The van der Waals surface area contributed by atoms with Crippen LogP contribution in [0.4, 0.5) is 11.4 Å². The Bertz CT molecular complexity index is 681. The van der Waals surface area contributed by atoms with Gasteiger partial charge in [-0.25, -0.2) is 0 Å². The molecule has 0 radical (unpaired) electrons. The third-order valence-electron chi connectivity index (χ3n) is 4.13. The third-order valence-corrected chi connectivity index (χ3v) is 4.13. The average molecular weight is 301 g/mol. The molecular weight excluding hydrogens is 282 g/mol. The molecule has 0 bridgehead atoms. The molecular formula is C16H19N3O3. The van der Waals surface area contributed by atoms with Crippen molar-refractivity contribution in [2.75, 3.05) is 12.4 Å². The molecule has 0 saturated heterocycles. The third kappa shape index (κ3) is 2.82. The Kier molecular flexibility index (Phi) is 4.11. The number of hydrogen-bond acceptors (Lipinski definition) is 5. The number of furan rings is 1. The number of benzene rings is 1. The van der Waals surface area contributed by atoms with Crippen molar-refractivity contribution in [3.05, 3.63) is 57.5 Å². The summed E-state index contributed by atoms with van der Waals surface area (Å²) in [7, 11) is 1.68. The number of nitrogens with one attached hydrogen (secondary N) is 2. The fourth-order valence-corrected chi connectivity index (χ4v) is 2.99. The highest BCUT2D eigenvalue weighted by Crippen LogP contribution is 2.31. The van der Waals surface area contributed by atoms with E-state index in [9.17, 15) is 10.1 Å². The smallest absolute Gasteiger partial charge is 0.292 e. The minimum atomic E-state index is -0.357. The van der Waals surface area contributed by atoms with Crippen LogP contribution in [-0.4, -0.2) is 12.0 Å². The van der Waals surface area contributed by atoms with E-state index in [1.165, 1.54) is 5.56 Å². The molecule has 6 heteroatoms. The lowest BCUT2D eigenvalue weighted by molar-refractivity contribution is -0.384. The summed E-state index contributed by atoms with van der Waals surface area (Å²) in [6.45, 7) is 0.597. The Balaban J connectivity index is 1.73. The molecule has 0 aliphatic heterocycles. The molecule has 1 atom stereocenters. The molecule has 0 spiro atoms. The first kappa shape index (κ1) is 14.6. The summed E-state index contributed by atoms with van der Waals surface area (Å²) in [6, 6.07) is 7.55. The Morgan fingerprint density at radius 1 is 1.41 bits per heavy atom. The van der Waals surface area contributed by atoms with Crippen molar-refractivity contribution in [2.24, 2.45) is 0 Å². The minimum absolute atomic E-state index is 0.106. The highest BCUT2D eigenvalue weighted by molar-refractivity contribution is 5.62. The maximum atomic E-state index is 11.1. The molecule has 1 heterocycles. The topological polar surface area (TPSA) is 80.3 Å². The van der Waals surface area contributed by atoms with Gasteiger partial charge in [-0.05, 0) is 30.5 Å². The van der Waals surface area contributed by atoms with Gasteiger partial charge >= 0.3 is 0 Å². The van der Waals surface area contributed by atoms with Crippen molar-refractivity contribution in [1.82, 2.24) is 5.32 Å². The molecule has 1 aromatic carbocycles. The zero-order chi connectivity index (χ0) is 15.5. The first-order chi connectivity index (χ1) is 10.7. The second-order valence-corrected chi connectivity index (χ2v) is 5.48. The van der Waals surface area contributed by atoms with Crippen LogP contribution in [0.15, 0.2) is 34.9 Å². The van der Waals surface area contributed by atoms with Crippen LogP contribution in [0.1, 0.15) is 35.8 Å². The quantitative estimate of drug-likeness (QED) is 0.653. The number of rotatable bonds is 5. The van der Waals surface area contributed by atoms with E-state index < -0.39 is 0 Å². The summed E-state index contributed by atoms with van der Waals surface area (Å²) in [5, 5.41) is 17.4. The lowest BCUT2D eigenvalue weighted by Crippen LogP contribution is -2.24. The maximum absolute atomic E-state index is 11.1. The summed E-state index contributed by atoms with van der Waals surface area (Å²) < 4.78 is 5.48. The van der Waals surface area contributed by atoms with Gasteiger partial charge in [0.1, 0.15) is 11.4 Å². The number of nitro benzene ring substituents is 1. The molecule has 2 N–H and O–H groups in total. The minimum Gasteiger partial charge on any atom is -0.469 e. The number of fused-ring (bicyclic) bond motifs is 1. The van der Waals surface area contributed by atoms with E-state index in [0.29, 0.717) is 12.2 Å². The van der Waals surface area contributed by atoms with Gasteiger partial charge in [-0.3, -0.25) is 10.1 Å². The van der Waals surface area contributed by atoms with Crippen molar-refractivity contribution in [3.8, 4) is 0 Å². The van der Waals surface area contributed by atoms with Crippen LogP contribution in [-0.2, 0) is 13.0 Å². The normalized spacial score (nSPS) is 17.0. The zero-order valence-corrected chi connectivity index (χ0v) is 12.5. The van der Waals surface area contributed by atoms with E-state index in [4.69, 9.17) is 4.42 Å². The van der Waals surface area contributed by atoms with Gasteiger partial charge < -0.3 is 15.1 Å². The van der Waals surface area contributed by atoms with Crippen molar-refractivity contribution in [1.29, 1.82) is 0 Å². The van der Waals surface area contributed by atoms with Gasteiger partial charge in [-0.1, -0.05) is 6.07 Å². The highest BCUT2D eigenvalue weighted by atomic mass is 16.6.